The van der Waals surface area contributed by atoms with E-state index < -0.39 is 10.0 Å². The minimum atomic E-state index is -3.53. The predicted molar refractivity (Wildman–Crippen MR) is 84.8 cm³/mol. The predicted octanol–water partition coefficient (Wildman–Crippen LogP) is 2.71. The Kier molecular flexibility index (Phi) is 5.50. The van der Waals surface area contributed by atoms with Gasteiger partial charge in [-0.2, -0.15) is 0 Å². The van der Waals surface area contributed by atoms with Gasteiger partial charge in [-0.25, -0.2) is 13.1 Å². The van der Waals surface area contributed by atoms with Crippen LogP contribution in [0.25, 0.3) is 10.8 Å². The smallest absolute Gasteiger partial charge is 0.241 e. The quantitative estimate of drug-likeness (QED) is 0.602. The number of benzene rings is 2. The third kappa shape index (κ3) is 4.14. The van der Waals surface area contributed by atoms with Crippen molar-refractivity contribution >= 4 is 20.8 Å². The van der Waals surface area contributed by atoms with Crippen molar-refractivity contribution in [2.45, 2.75) is 11.3 Å². The summed E-state index contributed by atoms with van der Waals surface area (Å²) in [6.45, 7) is 4.75. The van der Waals surface area contributed by atoms with Crippen LogP contribution in [0, 0.1) is 0 Å². The lowest BCUT2D eigenvalue weighted by Gasteiger charge is -2.09. The van der Waals surface area contributed by atoms with Gasteiger partial charge in [0.25, 0.3) is 0 Å². The molecule has 0 heterocycles. The Labute approximate surface area is 125 Å². The molecule has 2 aromatic carbocycles. The number of hydrogen-bond acceptors (Lipinski definition) is 3. The normalized spacial score (nSPS) is 11.6. The second kappa shape index (κ2) is 7.36. The molecule has 2 rings (SSSR count). The molecule has 4 nitrogen and oxygen atoms in total. The Bertz CT molecular complexity index is 705. The number of sulfonamides is 1. The first-order chi connectivity index (χ1) is 10.1. The average Bonchev–Trinajstić information content (AvgIpc) is 2.50. The Morgan fingerprint density at radius 1 is 1.10 bits per heavy atom. The molecule has 5 heteroatoms. The molecule has 0 bridgehead atoms. The highest BCUT2D eigenvalue weighted by atomic mass is 32.2. The summed E-state index contributed by atoms with van der Waals surface area (Å²) in [6.07, 6.45) is 2.52. The van der Waals surface area contributed by atoms with Gasteiger partial charge < -0.3 is 4.74 Å². The van der Waals surface area contributed by atoms with Crippen molar-refractivity contribution in [3.63, 3.8) is 0 Å². The van der Waals surface area contributed by atoms with E-state index in [4.69, 9.17) is 4.74 Å². The van der Waals surface area contributed by atoms with Crippen LogP contribution in [0.2, 0.25) is 0 Å². The van der Waals surface area contributed by atoms with Gasteiger partial charge in [0.1, 0.15) is 0 Å². The first-order valence-electron chi connectivity index (χ1n) is 6.81. The van der Waals surface area contributed by atoms with Gasteiger partial charge in [0, 0.05) is 11.9 Å². The molecular formula is C16H19NO3S. The minimum absolute atomic E-state index is 0.253. The molecular weight excluding hydrogens is 286 g/mol. The lowest BCUT2D eigenvalue weighted by molar-refractivity contribution is 0.144. The maximum atomic E-state index is 12.4. The lowest BCUT2D eigenvalue weighted by atomic mass is 10.1. The molecule has 0 aliphatic rings. The van der Waals surface area contributed by atoms with Crippen LogP contribution in [0.3, 0.4) is 0 Å². The van der Waals surface area contributed by atoms with Crippen molar-refractivity contribution in [2.75, 3.05) is 19.8 Å². The van der Waals surface area contributed by atoms with Gasteiger partial charge in [0.2, 0.25) is 10.0 Å². The lowest BCUT2D eigenvalue weighted by Crippen LogP contribution is -2.27. The van der Waals surface area contributed by atoms with Crippen LogP contribution in [0.4, 0.5) is 0 Å². The van der Waals surface area contributed by atoms with E-state index in [1.807, 2.05) is 30.3 Å². The molecule has 0 aliphatic carbocycles. The van der Waals surface area contributed by atoms with Crippen molar-refractivity contribution in [1.82, 2.24) is 4.72 Å². The molecule has 21 heavy (non-hydrogen) atoms. The molecule has 0 saturated heterocycles. The summed E-state index contributed by atoms with van der Waals surface area (Å²) in [5.74, 6) is 0. The molecule has 0 fully saturated rings. The Hall–Kier alpha value is -1.69. The van der Waals surface area contributed by atoms with E-state index in [2.05, 4.69) is 11.3 Å². The standard InChI is InChI=1S/C16H19NO3S/c1-2-3-12-20-13-11-17-21(18,19)16-10-6-8-14-7-4-5-9-15(14)16/h2,4-10,17H,1,3,11-13H2. The van der Waals surface area contributed by atoms with Crippen LogP contribution < -0.4 is 4.72 Å². The van der Waals surface area contributed by atoms with E-state index in [0.29, 0.717) is 18.1 Å². The molecule has 0 amide bonds. The molecule has 0 aromatic heterocycles. The van der Waals surface area contributed by atoms with Crippen molar-refractivity contribution in [1.29, 1.82) is 0 Å². The van der Waals surface area contributed by atoms with E-state index in [-0.39, 0.29) is 6.54 Å². The number of nitrogens with one attached hydrogen (secondary N) is 1. The van der Waals surface area contributed by atoms with E-state index in [0.717, 1.165) is 17.2 Å². The molecule has 0 spiro atoms. The summed E-state index contributed by atoms with van der Waals surface area (Å²) in [5, 5.41) is 1.63. The van der Waals surface area contributed by atoms with Gasteiger partial charge >= 0.3 is 0 Å². The highest BCUT2D eigenvalue weighted by Crippen LogP contribution is 2.22. The molecule has 0 aliphatic heterocycles. The molecule has 0 atom stereocenters. The molecule has 2 aromatic rings. The zero-order chi connectivity index (χ0) is 15.1. The monoisotopic (exact) mass is 305 g/mol. The van der Waals surface area contributed by atoms with Crippen LogP contribution in [0.5, 0.6) is 0 Å². The van der Waals surface area contributed by atoms with Crippen molar-refractivity contribution < 1.29 is 13.2 Å². The maximum Gasteiger partial charge on any atom is 0.241 e. The maximum absolute atomic E-state index is 12.4. The molecule has 112 valence electrons. The average molecular weight is 305 g/mol. The van der Waals surface area contributed by atoms with Gasteiger partial charge in [-0.1, -0.05) is 42.5 Å². The second-order valence-corrected chi connectivity index (χ2v) is 6.30. The molecule has 0 radical (unpaired) electrons. The highest BCUT2D eigenvalue weighted by Gasteiger charge is 2.16. The largest absolute Gasteiger partial charge is 0.380 e. The summed E-state index contributed by atoms with van der Waals surface area (Å²) >= 11 is 0. The number of hydrogen-bond donors (Lipinski definition) is 1. The topological polar surface area (TPSA) is 55.4 Å². The van der Waals surface area contributed by atoms with Crippen LogP contribution in [-0.2, 0) is 14.8 Å². The van der Waals surface area contributed by atoms with Gasteiger partial charge in [0.05, 0.1) is 18.1 Å². The zero-order valence-corrected chi connectivity index (χ0v) is 12.6. The Balaban J connectivity index is 2.06. The van der Waals surface area contributed by atoms with E-state index in [1.54, 1.807) is 18.2 Å². The van der Waals surface area contributed by atoms with Gasteiger partial charge in [0.15, 0.2) is 0 Å². The van der Waals surface area contributed by atoms with Crippen molar-refractivity contribution in [3.8, 4) is 0 Å². The zero-order valence-electron chi connectivity index (χ0n) is 11.8. The van der Waals surface area contributed by atoms with E-state index >= 15 is 0 Å². The first-order valence-corrected chi connectivity index (χ1v) is 8.29. The summed E-state index contributed by atoms with van der Waals surface area (Å²) < 4.78 is 32.6. The van der Waals surface area contributed by atoms with Gasteiger partial charge in [-0.05, 0) is 17.9 Å². The van der Waals surface area contributed by atoms with Gasteiger partial charge in [-0.3, -0.25) is 0 Å². The van der Waals surface area contributed by atoms with Gasteiger partial charge in [-0.15, -0.1) is 6.58 Å². The highest BCUT2D eigenvalue weighted by molar-refractivity contribution is 7.89. The van der Waals surface area contributed by atoms with E-state index in [9.17, 15) is 8.42 Å². The number of ether oxygens (including phenoxy) is 1. The molecule has 0 unspecified atom stereocenters. The molecule has 0 saturated carbocycles. The Morgan fingerprint density at radius 2 is 1.86 bits per heavy atom. The number of rotatable bonds is 8. The van der Waals surface area contributed by atoms with Crippen LogP contribution in [-0.4, -0.2) is 28.2 Å². The third-order valence-corrected chi connectivity index (χ3v) is 4.56. The fourth-order valence-electron chi connectivity index (χ4n) is 2.02. The van der Waals surface area contributed by atoms with Crippen LogP contribution >= 0.6 is 0 Å². The summed E-state index contributed by atoms with van der Waals surface area (Å²) in [6, 6.07) is 12.7. The van der Waals surface area contributed by atoms with Crippen molar-refractivity contribution in [2.24, 2.45) is 0 Å². The summed E-state index contributed by atoms with van der Waals surface area (Å²) in [5.41, 5.74) is 0. The fourth-order valence-corrected chi connectivity index (χ4v) is 3.27. The van der Waals surface area contributed by atoms with Crippen molar-refractivity contribution in [3.05, 3.63) is 55.1 Å². The second-order valence-electron chi connectivity index (χ2n) is 4.56. The Morgan fingerprint density at radius 3 is 2.67 bits per heavy atom. The summed E-state index contributed by atoms with van der Waals surface area (Å²) in [4.78, 5) is 0.298. The SMILES string of the molecule is C=CCCOCCNS(=O)(=O)c1cccc2ccccc12. The fraction of sp³-hybridized carbons (Fsp3) is 0.250. The first kappa shape index (κ1) is 15.7. The van der Waals surface area contributed by atoms with Crippen LogP contribution in [0.1, 0.15) is 6.42 Å². The minimum Gasteiger partial charge on any atom is -0.380 e. The summed E-state index contributed by atoms with van der Waals surface area (Å²) in [7, 11) is -3.53. The molecule has 1 N–H and O–H groups in total. The number of fused-ring (bicyclic) bond motifs is 1. The third-order valence-electron chi connectivity index (χ3n) is 3.04. The van der Waals surface area contributed by atoms with Crippen LogP contribution in [0.15, 0.2) is 60.0 Å². The van der Waals surface area contributed by atoms with E-state index in [1.165, 1.54) is 0 Å².